The van der Waals surface area contributed by atoms with E-state index in [-0.39, 0.29) is 17.6 Å². The van der Waals surface area contributed by atoms with E-state index in [4.69, 9.17) is 22.9 Å². The summed E-state index contributed by atoms with van der Waals surface area (Å²) in [5.74, 6) is -0.0170. The van der Waals surface area contributed by atoms with Gasteiger partial charge in [-0.3, -0.25) is 4.79 Å². The Labute approximate surface area is 200 Å². The van der Waals surface area contributed by atoms with Gasteiger partial charge in [-0.2, -0.15) is 0 Å². The Morgan fingerprint density at radius 2 is 0.647 bits per heavy atom. The zero-order valence-corrected chi connectivity index (χ0v) is 19.0. The number of ketones is 1. The molecule has 0 spiro atoms. The van der Waals surface area contributed by atoms with Crippen molar-refractivity contribution in [2.75, 3.05) is 22.9 Å². The second-order valence-electron chi connectivity index (χ2n) is 8.72. The summed E-state index contributed by atoms with van der Waals surface area (Å²) in [5, 5.41) is 0. The zero-order chi connectivity index (χ0) is 24.1. The smallest absolute Gasteiger partial charge is 0.134 e. The Morgan fingerprint density at radius 1 is 0.441 bits per heavy atom. The van der Waals surface area contributed by atoms with E-state index in [1.54, 1.807) is 0 Å². The molecule has 172 valence electrons. The van der Waals surface area contributed by atoms with Gasteiger partial charge in [-0.15, -0.1) is 0 Å². The Balaban J connectivity index is 1.63. The predicted octanol–water partition coefficient (Wildman–Crippen LogP) is 5.33. The van der Waals surface area contributed by atoms with Crippen molar-refractivity contribution in [2.24, 2.45) is 0 Å². The Kier molecular flexibility index (Phi) is 6.83. The van der Waals surface area contributed by atoms with Crippen molar-refractivity contribution in [1.82, 2.24) is 0 Å². The second-order valence-corrected chi connectivity index (χ2v) is 8.72. The highest BCUT2D eigenvalue weighted by Crippen LogP contribution is 2.34. The van der Waals surface area contributed by atoms with Crippen LogP contribution in [0.15, 0.2) is 97.1 Å². The minimum absolute atomic E-state index is 0.0906. The molecule has 34 heavy (non-hydrogen) atoms. The van der Waals surface area contributed by atoms with Gasteiger partial charge in [0.1, 0.15) is 5.78 Å². The summed E-state index contributed by atoms with van der Waals surface area (Å²) in [4.78, 5) is 13.5. The molecular weight excluding hydrogens is 420 g/mol. The van der Waals surface area contributed by atoms with Crippen LogP contribution in [0.5, 0.6) is 0 Å². The summed E-state index contributed by atoms with van der Waals surface area (Å²) >= 11 is 0. The number of Topliss-reactive ketones (excluding diaryl/α,β-unsaturated/α-hetero) is 1. The van der Waals surface area contributed by atoms with Gasteiger partial charge < -0.3 is 22.9 Å². The molecule has 0 radical (unpaired) electrons. The molecule has 0 saturated carbocycles. The molecular formula is C29H30N4O. The Bertz CT molecular complexity index is 1040. The first-order valence-electron chi connectivity index (χ1n) is 11.3. The molecule has 0 bridgehead atoms. The largest absolute Gasteiger partial charge is 0.399 e. The van der Waals surface area contributed by atoms with Crippen molar-refractivity contribution in [1.29, 1.82) is 0 Å². The van der Waals surface area contributed by atoms with Crippen molar-refractivity contribution in [3.63, 3.8) is 0 Å². The minimum Gasteiger partial charge on any atom is -0.399 e. The lowest BCUT2D eigenvalue weighted by molar-refractivity contribution is -0.119. The van der Waals surface area contributed by atoms with Crippen LogP contribution in [0.4, 0.5) is 22.7 Å². The Morgan fingerprint density at radius 3 is 0.853 bits per heavy atom. The third-order valence-electron chi connectivity index (χ3n) is 6.22. The fourth-order valence-electron chi connectivity index (χ4n) is 4.31. The Hall–Kier alpha value is -4.25. The third-order valence-corrected chi connectivity index (χ3v) is 6.22. The number of carbonyl (C=O) groups is 1. The van der Waals surface area contributed by atoms with E-state index >= 15 is 0 Å². The fraction of sp³-hybridized carbons (Fsp3) is 0.138. The van der Waals surface area contributed by atoms with Crippen LogP contribution in [0.25, 0.3) is 0 Å². The summed E-state index contributed by atoms with van der Waals surface area (Å²) in [6.07, 6.45) is 0.739. The van der Waals surface area contributed by atoms with Crippen LogP contribution >= 0.6 is 0 Å². The van der Waals surface area contributed by atoms with E-state index in [1.165, 1.54) is 0 Å². The minimum atomic E-state index is -0.0906. The predicted molar refractivity (Wildman–Crippen MR) is 141 cm³/mol. The lowest BCUT2D eigenvalue weighted by atomic mass is 9.82. The number of nitrogens with two attached hydrogens (primary N) is 4. The molecule has 0 fully saturated rings. The molecule has 0 amide bonds. The fourth-order valence-corrected chi connectivity index (χ4v) is 4.31. The van der Waals surface area contributed by atoms with Gasteiger partial charge in [0.15, 0.2) is 0 Å². The molecule has 0 aromatic heterocycles. The zero-order valence-electron chi connectivity index (χ0n) is 19.0. The summed E-state index contributed by atoms with van der Waals surface area (Å²) in [5.41, 5.74) is 30.6. The van der Waals surface area contributed by atoms with Gasteiger partial charge in [-0.05, 0) is 70.8 Å². The molecule has 5 heteroatoms. The molecule has 4 aromatic rings. The third kappa shape index (κ3) is 5.56. The standard InChI is InChI=1S/C29H30N4O/c30-23-9-1-19(2-10-23)28(20-3-11-24(31)12-4-20)17-27(34)18-29(21-5-13-25(32)14-6-21)22-7-15-26(33)16-8-22/h1-16,28-29H,17-18,30-33H2. The average molecular weight is 451 g/mol. The highest BCUT2D eigenvalue weighted by Gasteiger charge is 2.23. The molecule has 0 unspecified atom stereocenters. The number of hydrogen-bond acceptors (Lipinski definition) is 5. The SMILES string of the molecule is Nc1ccc(C(CC(=O)CC(c2ccc(N)cc2)c2ccc(N)cc2)c2ccc(N)cc2)cc1. The van der Waals surface area contributed by atoms with Crippen molar-refractivity contribution in [3.8, 4) is 0 Å². The first-order valence-corrected chi connectivity index (χ1v) is 11.3. The van der Waals surface area contributed by atoms with E-state index in [0.717, 1.165) is 22.3 Å². The topological polar surface area (TPSA) is 121 Å². The lowest BCUT2D eigenvalue weighted by Crippen LogP contribution is -2.13. The van der Waals surface area contributed by atoms with Crippen LogP contribution in [-0.2, 0) is 4.79 Å². The summed E-state index contributed by atoms with van der Waals surface area (Å²) in [7, 11) is 0. The van der Waals surface area contributed by atoms with Crippen LogP contribution in [0, 0.1) is 0 Å². The van der Waals surface area contributed by atoms with Crippen molar-refractivity contribution >= 4 is 28.5 Å². The maximum Gasteiger partial charge on any atom is 0.134 e. The molecule has 4 aromatic carbocycles. The van der Waals surface area contributed by atoms with Crippen molar-refractivity contribution in [3.05, 3.63) is 119 Å². The normalized spacial score (nSPS) is 11.1. The van der Waals surface area contributed by atoms with Crippen LogP contribution < -0.4 is 22.9 Å². The molecule has 4 rings (SSSR count). The summed E-state index contributed by atoms with van der Waals surface area (Å²) < 4.78 is 0. The number of rotatable bonds is 8. The molecule has 0 aliphatic rings. The molecule has 8 N–H and O–H groups in total. The van der Waals surface area contributed by atoms with Gasteiger partial charge in [0.2, 0.25) is 0 Å². The quantitative estimate of drug-likeness (QED) is 0.270. The highest BCUT2D eigenvalue weighted by atomic mass is 16.1. The van der Waals surface area contributed by atoms with Crippen LogP contribution in [0.3, 0.4) is 0 Å². The van der Waals surface area contributed by atoms with E-state index < -0.39 is 0 Å². The van der Waals surface area contributed by atoms with E-state index in [9.17, 15) is 4.79 Å². The number of hydrogen-bond donors (Lipinski definition) is 4. The molecule has 5 nitrogen and oxygen atoms in total. The molecule has 0 aliphatic carbocycles. The summed E-state index contributed by atoms with van der Waals surface area (Å²) in [6, 6.07) is 30.9. The summed E-state index contributed by atoms with van der Waals surface area (Å²) in [6.45, 7) is 0. The molecule has 0 saturated heterocycles. The van der Waals surface area contributed by atoms with Gasteiger partial charge in [0.25, 0.3) is 0 Å². The molecule has 0 atom stereocenters. The number of nitrogen functional groups attached to an aromatic ring is 4. The van der Waals surface area contributed by atoms with Gasteiger partial charge in [0.05, 0.1) is 0 Å². The van der Waals surface area contributed by atoms with Crippen molar-refractivity contribution < 1.29 is 4.79 Å². The van der Waals surface area contributed by atoms with Crippen LogP contribution in [-0.4, -0.2) is 5.78 Å². The van der Waals surface area contributed by atoms with Crippen LogP contribution in [0.2, 0.25) is 0 Å². The number of anilines is 4. The van der Waals surface area contributed by atoms with Gasteiger partial charge in [0, 0.05) is 47.4 Å². The maximum atomic E-state index is 13.5. The first-order chi connectivity index (χ1) is 16.4. The van der Waals surface area contributed by atoms with E-state index in [1.807, 2.05) is 97.1 Å². The lowest BCUT2D eigenvalue weighted by Gasteiger charge is -2.21. The highest BCUT2D eigenvalue weighted by molar-refractivity contribution is 5.81. The van der Waals surface area contributed by atoms with E-state index in [2.05, 4.69) is 0 Å². The average Bonchev–Trinajstić information content (AvgIpc) is 2.84. The molecule has 0 aliphatic heterocycles. The molecule has 0 heterocycles. The van der Waals surface area contributed by atoms with Crippen molar-refractivity contribution in [2.45, 2.75) is 24.7 Å². The second kappa shape index (κ2) is 10.1. The first kappa shape index (κ1) is 22.9. The monoisotopic (exact) mass is 450 g/mol. The van der Waals surface area contributed by atoms with E-state index in [0.29, 0.717) is 35.6 Å². The number of carbonyl (C=O) groups excluding carboxylic acids is 1. The van der Waals surface area contributed by atoms with Gasteiger partial charge in [-0.1, -0.05) is 48.5 Å². The van der Waals surface area contributed by atoms with Gasteiger partial charge >= 0.3 is 0 Å². The van der Waals surface area contributed by atoms with Gasteiger partial charge in [-0.25, -0.2) is 0 Å². The van der Waals surface area contributed by atoms with Crippen LogP contribution in [0.1, 0.15) is 46.9 Å². The maximum absolute atomic E-state index is 13.5. The number of benzene rings is 4.